The van der Waals surface area contributed by atoms with Crippen molar-refractivity contribution in [2.24, 2.45) is 0 Å². The van der Waals surface area contributed by atoms with Gasteiger partial charge in [0.2, 0.25) is 0 Å². The van der Waals surface area contributed by atoms with Crippen LogP contribution in [-0.4, -0.2) is 18.8 Å². The summed E-state index contributed by atoms with van der Waals surface area (Å²) < 4.78 is 5.12. The Labute approximate surface area is 94.8 Å². The third-order valence-corrected chi connectivity index (χ3v) is 2.80. The summed E-state index contributed by atoms with van der Waals surface area (Å²) in [6, 6.07) is 8.42. The van der Waals surface area contributed by atoms with E-state index in [4.69, 9.17) is 17.0 Å². The summed E-state index contributed by atoms with van der Waals surface area (Å²) in [5.74, 6) is 0.885. The summed E-state index contributed by atoms with van der Waals surface area (Å²) in [5, 5.41) is 7.09. The number of methoxy groups -OCH3 is 1. The molecule has 1 aromatic rings. The molecule has 15 heavy (non-hydrogen) atoms. The van der Waals surface area contributed by atoms with Gasteiger partial charge in [0, 0.05) is 6.54 Å². The highest BCUT2D eigenvalue weighted by molar-refractivity contribution is 7.80. The van der Waals surface area contributed by atoms with Crippen molar-refractivity contribution >= 4 is 17.3 Å². The molecule has 0 spiro atoms. The van der Waals surface area contributed by atoms with Gasteiger partial charge < -0.3 is 15.4 Å². The Kier molecular flexibility index (Phi) is 3.06. The third-order valence-electron chi connectivity index (χ3n) is 2.54. The van der Waals surface area contributed by atoms with Gasteiger partial charge in [-0.25, -0.2) is 0 Å². The molecular formula is C11H14N2OS. The number of rotatable bonds is 2. The van der Waals surface area contributed by atoms with Crippen molar-refractivity contribution in [2.45, 2.75) is 12.5 Å². The highest BCUT2D eigenvalue weighted by atomic mass is 32.1. The largest absolute Gasteiger partial charge is 0.497 e. The van der Waals surface area contributed by atoms with E-state index in [-0.39, 0.29) is 0 Å². The standard InChI is InChI=1S/C11H14N2OS/c1-14-9-4-2-8(3-5-9)10-6-7-12-11(15)13-10/h2-5,10H,6-7H2,1H3,(H2,12,13,15). The van der Waals surface area contributed by atoms with Crippen molar-refractivity contribution in [3.63, 3.8) is 0 Å². The molecule has 0 amide bonds. The van der Waals surface area contributed by atoms with E-state index in [1.165, 1.54) is 5.56 Å². The minimum absolute atomic E-state index is 0.324. The summed E-state index contributed by atoms with van der Waals surface area (Å²) >= 11 is 5.08. The molecule has 1 atom stereocenters. The lowest BCUT2D eigenvalue weighted by molar-refractivity contribution is 0.414. The van der Waals surface area contributed by atoms with Gasteiger partial charge in [-0.05, 0) is 36.3 Å². The van der Waals surface area contributed by atoms with Crippen LogP contribution in [0.1, 0.15) is 18.0 Å². The molecule has 1 aliphatic rings. The normalized spacial score (nSPS) is 20.3. The van der Waals surface area contributed by atoms with Crippen LogP contribution in [0.3, 0.4) is 0 Å². The maximum Gasteiger partial charge on any atom is 0.166 e. The van der Waals surface area contributed by atoms with Gasteiger partial charge in [-0.1, -0.05) is 12.1 Å². The van der Waals surface area contributed by atoms with Gasteiger partial charge in [-0.3, -0.25) is 0 Å². The average Bonchev–Trinajstić information content (AvgIpc) is 2.29. The average molecular weight is 222 g/mol. The van der Waals surface area contributed by atoms with Gasteiger partial charge >= 0.3 is 0 Å². The predicted octanol–water partition coefficient (Wildman–Crippen LogP) is 1.60. The Morgan fingerprint density at radius 3 is 2.67 bits per heavy atom. The van der Waals surface area contributed by atoms with E-state index in [1.807, 2.05) is 12.1 Å². The van der Waals surface area contributed by atoms with E-state index >= 15 is 0 Å². The zero-order valence-corrected chi connectivity index (χ0v) is 9.43. The van der Waals surface area contributed by atoms with Crippen molar-refractivity contribution in [3.8, 4) is 5.75 Å². The van der Waals surface area contributed by atoms with Crippen LogP contribution in [0.25, 0.3) is 0 Å². The minimum atomic E-state index is 0.324. The lowest BCUT2D eigenvalue weighted by atomic mass is 10.0. The summed E-state index contributed by atoms with van der Waals surface area (Å²) in [7, 11) is 1.67. The molecule has 0 saturated carbocycles. The highest BCUT2D eigenvalue weighted by Crippen LogP contribution is 2.21. The molecule has 4 heteroatoms. The molecule has 1 fully saturated rings. The summed E-state index contributed by atoms with van der Waals surface area (Å²) in [6.45, 7) is 0.933. The first-order chi connectivity index (χ1) is 7.29. The number of hydrogen-bond acceptors (Lipinski definition) is 2. The zero-order chi connectivity index (χ0) is 10.7. The molecule has 0 radical (unpaired) electrons. The SMILES string of the molecule is COc1ccc(C2CCNC(=S)N2)cc1. The quantitative estimate of drug-likeness (QED) is 0.745. The zero-order valence-electron chi connectivity index (χ0n) is 8.62. The second-order valence-corrected chi connectivity index (χ2v) is 3.92. The summed E-state index contributed by atoms with van der Waals surface area (Å²) in [6.07, 6.45) is 1.05. The molecule has 0 bridgehead atoms. The van der Waals surface area contributed by atoms with E-state index in [9.17, 15) is 0 Å². The van der Waals surface area contributed by atoms with Crippen LogP contribution in [-0.2, 0) is 0 Å². The fourth-order valence-electron chi connectivity index (χ4n) is 1.70. The molecule has 2 N–H and O–H groups in total. The first kappa shape index (κ1) is 10.2. The predicted molar refractivity (Wildman–Crippen MR) is 64.1 cm³/mol. The number of ether oxygens (including phenoxy) is 1. The lowest BCUT2D eigenvalue weighted by Crippen LogP contribution is -2.44. The minimum Gasteiger partial charge on any atom is -0.497 e. The van der Waals surface area contributed by atoms with Gasteiger partial charge in [0.15, 0.2) is 5.11 Å². The van der Waals surface area contributed by atoms with Crippen molar-refractivity contribution in [3.05, 3.63) is 29.8 Å². The van der Waals surface area contributed by atoms with E-state index in [0.717, 1.165) is 23.8 Å². The molecular weight excluding hydrogens is 208 g/mol. The second kappa shape index (κ2) is 4.49. The molecule has 0 aromatic heterocycles. The Morgan fingerprint density at radius 1 is 1.33 bits per heavy atom. The number of nitrogens with one attached hydrogen (secondary N) is 2. The number of benzene rings is 1. The fraction of sp³-hybridized carbons (Fsp3) is 0.364. The van der Waals surface area contributed by atoms with Crippen LogP contribution in [0.15, 0.2) is 24.3 Å². The maximum atomic E-state index is 5.12. The van der Waals surface area contributed by atoms with Crippen molar-refractivity contribution in [1.29, 1.82) is 0 Å². The van der Waals surface area contributed by atoms with Crippen molar-refractivity contribution in [1.82, 2.24) is 10.6 Å². The van der Waals surface area contributed by atoms with Crippen molar-refractivity contribution < 1.29 is 4.74 Å². The Balaban J connectivity index is 2.11. The van der Waals surface area contributed by atoms with Crippen LogP contribution in [0, 0.1) is 0 Å². The second-order valence-electron chi connectivity index (χ2n) is 3.51. The van der Waals surface area contributed by atoms with E-state index in [0.29, 0.717) is 6.04 Å². The summed E-state index contributed by atoms with van der Waals surface area (Å²) in [4.78, 5) is 0. The van der Waals surface area contributed by atoms with Gasteiger partial charge in [-0.15, -0.1) is 0 Å². The first-order valence-electron chi connectivity index (χ1n) is 4.98. The van der Waals surface area contributed by atoms with Crippen molar-refractivity contribution in [2.75, 3.05) is 13.7 Å². The lowest BCUT2D eigenvalue weighted by Gasteiger charge is -2.26. The van der Waals surface area contributed by atoms with Gasteiger partial charge in [0.1, 0.15) is 5.75 Å². The molecule has 1 aromatic carbocycles. The topological polar surface area (TPSA) is 33.3 Å². The smallest absolute Gasteiger partial charge is 0.166 e. The fourth-order valence-corrected chi connectivity index (χ4v) is 1.94. The monoisotopic (exact) mass is 222 g/mol. The van der Waals surface area contributed by atoms with Gasteiger partial charge in [0.05, 0.1) is 13.2 Å². The molecule has 2 rings (SSSR count). The number of thiocarbonyl (C=S) groups is 1. The van der Waals surface area contributed by atoms with E-state index in [1.54, 1.807) is 7.11 Å². The van der Waals surface area contributed by atoms with Crippen LogP contribution in [0.2, 0.25) is 0 Å². The first-order valence-corrected chi connectivity index (χ1v) is 5.39. The van der Waals surface area contributed by atoms with Crippen LogP contribution in [0.4, 0.5) is 0 Å². The molecule has 80 valence electrons. The molecule has 0 aliphatic carbocycles. The van der Waals surface area contributed by atoms with E-state index in [2.05, 4.69) is 22.8 Å². The highest BCUT2D eigenvalue weighted by Gasteiger charge is 2.16. The molecule has 3 nitrogen and oxygen atoms in total. The van der Waals surface area contributed by atoms with Crippen LogP contribution >= 0.6 is 12.2 Å². The summed E-state index contributed by atoms with van der Waals surface area (Å²) in [5.41, 5.74) is 1.25. The maximum absolute atomic E-state index is 5.12. The van der Waals surface area contributed by atoms with Gasteiger partial charge in [0.25, 0.3) is 0 Å². The van der Waals surface area contributed by atoms with Gasteiger partial charge in [-0.2, -0.15) is 0 Å². The Bertz CT molecular complexity index is 350. The molecule has 1 saturated heterocycles. The Hall–Kier alpha value is -1.29. The van der Waals surface area contributed by atoms with Crippen LogP contribution in [0.5, 0.6) is 5.75 Å². The third kappa shape index (κ3) is 2.39. The van der Waals surface area contributed by atoms with Crippen LogP contribution < -0.4 is 15.4 Å². The number of hydrogen-bond donors (Lipinski definition) is 2. The molecule has 1 heterocycles. The van der Waals surface area contributed by atoms with E-state index < -0.39 is 0 Å². The molecule has 1 unspecified atom stereocenters. The molecule has 1 aliphatic heterocycles. The Morgan fingerprint density at radius 2 is 2.07 bits per heavy atom.